The number of anilines is 1. The Morgan fingerprint density at radius 2 is 1.41 bits per heavy atom. The van der Waals surface area contributed by atoms with Gasteiger partial charge in [-0.1, -0.05) is 74.5 Å². The Bertz CT molecular complexity index is 1340. The number of alkyl carbamates (subject to hydrolysis) is 1. The van der Waals surface area contributed by atoms with Crippen molar-refractivity contribution in [3.05, 3.63) is 96.1 Å². The van der Waals surface area contributed by atoms with Crippen LogP contribution in [-0.2, 0) is 20.7 Å². The summed E-state index contributed by atoms with van der Waals surface area (Å²) < 4.78 is 10.8. The van der Waals surface area contributed by atoms with Crippen LogP contribution in [0.1, 0.15) is 71.6 Å². The molecule has 3 unspecified atom stereocenters. The van der Waals surface area contributed by atoms with E-state index in [4.69, 9.17) is 9.47 Å². The number of carbonyl (C=O) groups is 3. The summed E-state index contributed by atoms with van der Waals surface area (Å²) in [5.41, 5.74) is 1.36. The smallest absolute Gasteiger partial charge is 0.408 e. The second-order valence-electron chi connectivity index (χ2n) is 12.5. The Morgan fingerprint density at radius 3 is 1.95 bits per heavy atom. The zero-order chi connectivity index (χ0) is 32.3. The Kier molecular flexibility index (Phi) is 12.4. The third-order valence-electron chi connectivity index (χ3n) is 7.16. The van der Waals surface area contributed by atoms with E-state index in [1.807, 2.05) is 67.6 Å². The van der Waals surface area contributed by atoms with Gasteiger partial charge in [0, 0.05) is 18.2 Å². The summed E-state index contributed by atoms with van der Waals surface area (Å²) in [4.78, 5) is 43.6. The summed E-state index contributed by atoms with van der Waals surface area (Å²) in [5.74, 6) is 0.341. The monoisotopic (exact) mass is 601 g/mol. The average Bonchev–Trinajstić information content (AvgIpc) is 2.98. The first kappa shape index (κ1) is 34.2. The van der Waals surface area contributed by atoms with Crippen LogP contribution in [-0.4, -0.2) is 47.6 Å². The van der Waals surface area contributed by atoms with Gasteiger partial charge in [0.25, 0.3) is 5.91 Å². The van der Waals surface area contributed by atoms with Gasteiger partial charge in [0.1, 0.15) is 23.4 Å². The van der Waals surface area contributed by atoms with Crippen molar-refractivity contribution in [1.82, 2.24) is 10.2 Å². The standard InChI is InChI=1S/C36H47N3O5/c1-25(2)18-19-26(3)39(34(41)31(24-27-14-10-8-11-15-27)38-35(42)44-36(4,5)6)32(28-16-12-9-13-17-28)33(40)37-29-20-22-30(43-7)23-21-29/h8-17,20-23,25-26,31-32H,18-19,24H2,1-7H3,(H,37,40)(H,38,42). The maximum absolute atomic E-state index is 14.7. The number of carbonyl (C=O) groups excluding carboxylic acids is 3. The number of nitrogens with zero attached hydrogens (tertiary/aromatic N) is 1. The van der Waals surface area contributed by atoms with Crippen LogP contribution < -0.4 is 15.4 Å². The Hall–Kier alpha value is -4.33. The minimum absolute atomic E-state index is 0.230. The van der Waals surface area contributed by atoms with Gasteiger partial charge in [0.05, 0.1) is 7.11 Å². The molecule has 2 N–H and O–H groups in total. The molecule has 0 radical (unpaired) electrons. The maximum Gasteiger partial charge on any atom is 0.408 e. The minimum Gasteiger partial charge on any atom is -0.497 e. The Morgan fingerprint density at radius 1 is 0.818 bits per heavy atom. The lowest BCUT2D eigenvalue weighted by atomic mass is 9.96. The molecule has 236 valence electrons. The molecule has 0 aliphatic carbocycles. The third-order valence-corrected chi connectivity index (χ3v) is 7.16. The van der Waals surface area contributed by atoms with E-state index in [2.05, 4.69) is 24.5 Å². The molecule has 3 atom stereocenters. The largest absolute Gasteiger partial charge is 0.497 e. The van der Waals surface area contributed by atoms with Crippen molar-refractivity contribution in [3.63, 3.8) is 0 Å². The van der Waals surface area contributed by atoms with Crippen molar-refractivity contribution in [3.8, 4) is 5.75 Å². The lowest BCUT2D eigenvalue weighted by Gasteiger charge is -2.39. The van der Waals surface area contributed by atoms with E-state index < -0.39 is 23.8 Å². The molecule has 8 heteroatoms. The molecule has 3 aromatic carbocycles. The van der Waals surface area contributed by atoms with Crippen LogP contribution in [0.25, 0.3) is 0 Å². The summed E-state index contributed by atoms with van der Waals surface area (Å²) in [6.07, 6.45) is 1.07. The quantitative estimate of drug-likeness (QED) is 0.217. The lowest BCUT2D eigenvalue weighted by molar-refractivity contribution is -0.143. The second kappa shape index (κ2) is 15.9. The number of hydrogen-bond acceptors (Lipinski definition) is 5. The van der Waals surface area contributed by atoms with E-state index in [0.29, 0.717) is 29.3 Å². The first-order valence-electron chi connectivity index (χ1n) is 15.2. The van der Waals surface area contributed by atoms with E-state index in [9.17, 15) is 14.4 Å². The molecule has 0 bridgehead atoms. The van der Waals surface area contributed by atoms with Crippen LogP contribution in [0, 0.1) is 5.92 Å². The molecule has 0 saturated heterocycles. The highest BCUT2D eigenvalue weighted by Crippen LogP contribution is 2.29. The molecule has 0 aromatic heterocycles. The molecule has 3 amide bonds. The van der Waals surface area contributed by atoms with Gasteiger partial charge in [0.15, 0.2) is 0 Å². The number of methoxy groups -OCH3 is 1. The fraction of sp³-hybridized carbons (Fsp3) is 0.417. The predicted molar refractivity (Wildman–Crippen MR) is 174 cm³/mol. The predicted octanol–water partition coefficient (Wildman–Crippen LogP) is 7.16. The molecule has 3 rings (SSSR count). The van der Waals surface area contributed by atoms with Gasteiger partial charge in [-0.25, -0.2) is 4.79 Å². The third kappa shape index (κ3) is 10.4. The SMILES string of the molecule is COc1ccc(NC(=O)C(c2ccccc2)N(C(=O)C(Cc2ccccc2)NC(=O)OC(C)(C)C)C(C)CCC(C)C)cc1. The number of ether oxygens (including phenoxy) is 2. The fourth-order valence-corrected chi connectivity index (χ4v) is 4.95. The zero-order valence-electron chi connectivity index (χ0n) is 27.0. The van der Waals surface area contributed by atoms with Gasteiger partial charge in [-0.2, -0.15) is 0 Å². The molecule has 3 aromatic rings. The number of benzene rings is 3. The van der Waals surface area contributed by atoms with Gasteiger partial charge < -0.3 is 25.0 Å². The zero-order valence-corrected chi connectivity index (χ0v) is 27.0. The molecule has 0 heterocycles. The van der Waals surface area contributed by atoms with Crippen molar-refractivity contribution in [1.29, 1.82) is 0 Å². The first-order chi connectivity index (χ1) is 20.9. The van der Waals surface area contributed by atoms with Crippen molar-refractivity contribution in [2.45, 2.75) is 84.5 Å². The molecule has 0 fully saturated rings. The maximum atomic E-state index is 14.7. The first-order valence-corrected chi connectivity index (χ1v) is 15.2. The summed E-state index contributed by atoms with van der Waals surface area (Å²) in [6, 6.07) is 23.6. The number of amides is 3. The van der Waals surface area contributed by atoms with E-state index in [1.165, 1.54) is 0 Å². The van der Waals surface area contributed by atoms with E-state index in [-0.39, 0.29) is 24.3 Å². The number of rotatable bonds is 13. The highest BCUT2D eigenvalue weighted by molar-refractivity contribution is 5.99. The molecule has 0 aliphatic rings. The highest BCUT2D eigenvalue weighted by atomic mass is 16.6. The van der Waals surface area contributed by atoms with Crippen molar-refractivity contribution < 1.29 is 23.9 Å². The van der Waals surface area contributed by atoms with Crippen molar-refractivity contribution in [2.75, 3.05) is 12.4 Å². The Labute approximate surface area is 262 Å². The normalized spacial score (nSPS) is 13.4. The van der Waals surface area contributed by atoms with Gasteiger partial charge in [0.2, 0.25) is 5.91 Å². The van der Waals surface area contributed by atoms with Crippen LogP contribution >= 0.6 is 0 Å². The molecular formula is C36H47N3O5. The molecule has 0 aliphatic heterocycles. The van der Waals surface area contributed by atoms with Crippen LogP contribution in [0.15, 0.2) is 84.9 Å². The van der Waals surface area contributed by atoms with Gasteiger partial charge in [-0.3, -0.25) is 9.59 Å². The van der Waals surface area contributed by atoms with E-state index in [1.54, 1.807) is 57.0 Å². The average molecular weight is 602 g/mol. The van der Waals surface area contributed by atoms with Crippen molar-refractivity contribution in [2.24, 2.45) is 5.92 Å². The Balaban J connectivity index is 2.08. The number of nitrogens with one attached hydrogen (secondary N) is 2. The van der Waals surface area contributed by atoms with Crippen LogP contribution in [0.3, 0.4) is 0 Å². The topological polar surface area (TPSA) is 97.0 Å². The lowest BCUT2D eigenvalue weighted by Crippen LogP contribution is -2.55. The van der Waals surface area contributed by atoms with Gasteiger partial charge in [-0.15, -0.1) is 0 Å². The molecule has 0 saturated carbocycles. The summed E-state index contributed by atoms with van der Waals surface area (Å²) in [7, 11) is 1.58. The summed E-state index contributed by atoms with van der Waals surface area (Å²) in [5, 5.41) is 5.84. The summed E-state index contributed by atoms with van der Waals surface area (Å²) >= 11 is 0. The van der Waals surface area contributed by atoms with E-state index in [0.717, 1.165) is 12.0 Å². The van der Waals surface area contributed by atoms with Crippen LogP contribution in [0.4, 0.5) is 10.5 Å². The minimum atomic E-state index is -0.978. The van der Waals surface area contributed by atoms with Crippen molar-refractivity contribution >= 4 is 23.6 Å². The van der Waals surface area contributed by atoms with Crippen LogP contribution in [0.2, 0.25) is 0 Å². The number of hydrogen-bond donors (Lipinski definition) is 2. The summed E-state index contributed by atoms with van der Waals surface area (Å²) in [6.45, 7) is 11.5. The van der Waals surface area contributed by atoms with E-state index >= 15 is 0 Å². The molecule has 8 nitrogen and oxygen atoms in total. The molecular weight excluding hydrogens is 554 g/mol. The van der Waals surface area contributed by atoms with Gasteiger partial charge in [-0.05, 0) is 81.8 Å². The molecule has 44 heavy (non-hydrogen) atoms. The van der Waals surface area contributed by atoms with Gasteiger partial charge >= 0.3 is 6.09 Å². The second-order valence-corrected chi connectivity index (χ2v) is 12.5. The van der Waals surface area contributed by atoms with Crippen LogP contribution in [0.5, 0.6) is 5.75 Å². The molecule has 0 spiro atoms. The highest BCUT2D eigenvalue weighted by Gasteiger charge is 2.39. The fourth-order valence-electron chi connectivity index (χ4n) is 4.95.